The first-order chi connectivity index (χ1) is 13.3. The fraction of sp³-hybridized carbons (Fsp3) is 0.600. The van der Waals surface area contributed by atoms with Crippen molar-refractivity contribution >= 4 is 35.6 Å². The number of carbonyl (C=O) groups is 6. The third-order valence-corrected chi connectivity index (χ3v) is 3.51. The largest absolute Gasteiger partial charge is 0.481 e. The Morgan fingerprint density at radius 2 is 1.34 bits per heavy atom. The van der Waals surface area contributed by atoms with Gasteiger partial charge in [-0.15, -0.1) is 0 Å². The molecule has 0 radical (unpaired) electrons. The van der Waals surface area contributed by atoms with Crippen molar-refractivity contribution in [3.8, 4) is 0 Å². The highest BCUT2D eigenvalue weighted by Gasteiger charge is 2.33. The van der Waals surface area contributed by atoms with Crippen molar-refractivity contribution < 1.29 is 44.1 Å². The normalized spacial score (nSPS) is 15.7. The van der Waals surface area contributed by atoms with Gasteiger partial charge in [0.2, 0.25) is 23.6 Å². The molecule has 164 valence electrons. The lowest BCUT2D eigenvalue weighted by Gasteiger charge is -2.25. The Hall–Kier alpha value is -3.26. The molecule has 0 saturated carbocycles. The molecule has 0 aromatic rings. The van der Waals surface area contributed by atoms with Crippen LogP contribution >= 0.6 is 0 Å². The van der Waals surface area contributed by atoms with Gasteiger partial charge in [-0.25, -0.2) is 4.79 Å². The van der Waals surface area contributed by atoms with Crippen molar-refractivity contribution in [1.82, 2.24) is 16.0 Å². The molecule has 0 saturated heterocycles. The summed E-state index contributed by atoms with van der Waals surface area (Å²) in [4.78, 5) is 69.3. The summed E-state index contributed by atoms with van der Waals surface area (Å²) in [5.74, 6) is -7.29. The highest BCUT2D eigenvalue weighted by atomic mass is 16.4. The lowest BCUT2D eigenvalue weighted by Crippen LogP contribution is -2.60. The summed E-state index contributed by atoms with van der Waals surface area (Å²) in [5.41, 5.74) is 10.3. The van der Waals surface area contributed by atoms with Crippen molar-refractivity contribution in [3.05, 3.63) is 0 Å². The first-order valence-corrected chi connectivity index (χ1v) is 8.33. The van der Waals surface area contributed by atoms with Crippen molar-refractivity contribution in [2.24, 2.45) is 11.5 Å². The van der Waals surface area contributed by atoms with Gasteiger partial charge in [-0.2, -0.15) is 0 Å². The zero-order valence-electron chi connectivity index (χ0n) is 15.7. The Balaban J connectivity index is 5.43. The fourth-order valence-electron chi connectivity index (χ4n) is 2.01. The average Bonchev–Trinajstić information content (AvgIpc) is 2.56. The SMILES string of the molecule is CC(N)C(=O)NC(C(=O)NC(CC(=O)O)C(=O)NC(CC(N)=O)C(=O)O)C(C)O. The molecule has 4 amide bonds. The third-order valence-electron chi connectivity index (χ3n) is 3.51. The molecule has 0 heterocycles. The number of aliphatic hydroxyl groups excluding tert-OH is 1. The second kappa shape index (κ2) is 11.6. The summed E-state index contributed by atoms with van der Waals surface area (Å²) >= 11 is 0. The number of nitrogens with one attached hydrogen (secondary N) is 3. The van der Waals surface area contributed by atoms with Crippen LogP contribution in [0.2, 0.25) is 0 Å². The number of carboxylic acid groups (broad SMARTS) is 2. The van der Waals surface area contributed by atoms with Gasteiger partial charge in [0.25, 0.3) is 0 Å². The van der Waals surface area contributed by atoms with Crippen LogP contribution < -0.4 is 27.4 Å². The van der Waals surface area contributed by atoms with E-state index in [0.717, 1.165) is 6.92 Å². The molecule has 0 spiro atoms. The van der Waals surface area contributed by atoms with Crippen LogP contribution in [0.1, 0.15) is 26.7 Å². The molecule has 5 unspecified atom stereocenters. The lowest BCUT2D eigenvalue weighted by molar-refractivity contribution is -0.145. The molecule has 29 heavy (non-hydrogen) atoms. The van der Waals surface area contributed by atoms with E-state index >= 15 is 0 Å². The van der Waals surface area contributed by atoms with Gasteiger partial charge in [-0.1, -0.05) is 0 Å². The number of hydrogen-bond donors (Lipinski definition) is 8. The number of carboxylic acids is 2. The quantitative estimate of drug-likeness (QED) is 0.151. The van der Waals surface area contributed by atoms with E-state index in [4.69, 9.17) is 21.7 Å². The van der Waals surface area contributed by atoms with Crippen LogP contribution in [0.25, 0.3) is 0 Å². The van der Waals surface area contributed by atoms with E-state index in [1.807, 2.05) is 10.6 Å². The Bertz CT molecular complexity index is 665. The van der Waals surface area contributed by atoms with Gasteiger partial charge in [-0.05, 0) is 13.8 Å². The predicted octanol–water partition coefficient (Wildman–Crippen LogP) is -4.40. The molecule has 14 heteroatoms. The number of aliphatic hydroxyl groups is 1. The first kappa shape index (κ1) is 25.7. The van der Waals surface area contributed by atoms with Crippen molar-refractivity contribution in [1.29, 1.82) is 0 Å². The van der Waals surface area contributed by atoms with E-state index in [-0.39, 0.29) is 0 Å². The molecular formula is C15H25N5O9. The maximum atomic E-state index is 12.3. The summed E-state index contributed by atoms with van der Waals surface area (Å²) in [6.45, 7) is 2.48. The molecule has 10 N–H and O–H groups in total. The zero-order chi connectivity index (χ0) is 22.9. The highest BCUT2D eigenvalue weighted by molar-refractivity contribution is 5.96. The molecule has 0 aliphatic carbocycles. The Morgan fingerprint density at radius 3 is 1.72 bits per heavy atom. The maximum Gasteiger partial charge on any atom is 0.326 e. The number of hydrogen-bond acceptors (Lipinski definition) is 8. The van der Waals surface area contributed by atoms with E-state index in [2.05, 4.69) is 5.32 Å². The van der Waals surface area contributed by atoms with Gasteiger partial charge >= 0.3 is 11.9 Å². The van der Waals surface area contributed by atoms with Gasteiger partial charge in [0.1, 0.15) is 18.1 Å². The van der Waals surface area contributed by atoms with E-state index in [1.54, 1.807) is 0 Å². The van der Waals surface area contributed by atoms with E-state index in [1.165, 1.54) is 6.92 Å². The van der Waals surface area contributed by atoms with Gasteiger partial charge in [-0.3, -0.25) is 24.0 Å². The molecule has 0 fully saturated rings. The topological polar surface area (TPSA) is 251 Å². The van der Waals surface area contributed by atoms with Crippen LogP contribution in [0, 0.1) is 0 Å². The summed E-state index contributed by atoms with van der Waals surface area (Å²) in [6, 6.07) is -6.12. The van der Waals surface area contributed by atoms with Crippen LogP contribution in [0.4, 0.5) is 0 Å². The second-order valence-electron chi connectivity index (χ2n) is 6.24. The molecular weight excluding hydrogens is 394 g/mol. The van der Waals surface area contributed by atoms with Crippen LogP contribution in [-0.4, -0.2) is 81.2 Å². The van der Waals surface area contributed by atoms with E-state index in [9.17, 15) is 33.9 Å². The van der Waals surface area contributed by atoms with Crippen LogP contribution in [0.3, 0.4) is 0 Å². The number of primary amides is 1. The number of rotatable bonds is 12. The number of aliphatic carboxylic acids is 2. The van der Waals surface area contributed by atoms with E-state index in [0.29, 0.717) is 0 Å². The monoisotopic (exact) mass is 419 g/mol. The van der Waals surface area contributed by atoms with Gasteiger partial charge in [0.05, 0.1) is 25.0 Å². The van der Waals surface area contributed by atoms with E-state index < -0.39 is 78.7 Å². The highest BCUT2D eigenvalue weighted by Crippen LogP contribution is 2.01. The average molecular weight is 419 g/mol. The summed E-state index contributed by atoms with van der Waals surface area (Å²) in [5, 5.41) is 33.7. The fourth-order valence-corrected chi connectivity index (χ4v) is 2.01. The number of nitrogens with two attached hydrogens (primary N) is 2. The van der Waals surface area contributed by atoms with Gasteiger partial charge in [0.15, 0.2) is 0 Å². The van der Waals surface area contributed by atoms with Crippen LogP contribution in [0.15, 0.2) is 0 Å². The third kappa shape index (κ3) is 9.48. The second-order valence-corrected chi connectivity index (χ2v) is 6.24. The summed E-state index contributed by atoms with van der Waals surface area (Å²) < 4.78 is 0. The molecule has 0 bridgehead atoms. The van der Waals surface area contributed by atoms with Crippen molar-refractivity contribution in [3.63, 3.8) is 0 Å². The predicted molar refractivity (Wildman–Crippen MR) is 94.8 cm³/mol. The summed E-state index contributed by atoms with van der Waals surface area (Å²) in [7, 11) is 0. The minimum Gasteiger partial charge on any atom is -0.481 e. The Kier molecular flexibility index (Phi) is 10.3. The minimum atomic E-state index is -1.77. The Morgan fingerprint density at radius 1 is 0.828 bits per heavy atom. The van der Waals surface area contributed by atoms with Crippen molar-refractivity contribution in [2.45, 2.75) is 57.0 Å². The lowest BCUT2D eigenvalue weighted by atomic mass is 10.1. The molecule has 0 aromatic carbocycles. The van der Waals surface area contributed by atoms with Gasteiger partial charge < -0.3 is 42.7 Å². The summed E-state index contributed by atoms with van der Waals surface area (Å²) in [6.07, 6.45) is -3.16. The number of amides is 4. The van der Waals surface area contributed by atoms with Gasteiger partial charge in [0, 0.05) is 0 Å². The zero-order valence-corrected chi connectivity index (χ0v) is 15.7. The molecule has 5 atom stereocenters. The Labute approximate surface area is 165 Å². The molecule has 0 aromatic heterocycles. The minimum absolute atomic E-state index is 0.768. The first-order valence-electron chi connectivity index (χ1n) is 8.33. The number of carbonyl (C=O) groups excluding carboxylic acids is 4. The smallest absolute Gasteiger partial charge is 0.326 e. The maximum absolute atomic E-state index is 12.3. The molecule has 0 aliphatic heterocycles. The van der Waals surface area contributed by atoms with Crippen LogP contribution in [0.5, 0.6) is 0 Å². The van der Waals surface area contributed by atoms with Crippen LogP contribution in [-0.2, 0) is 28.8 Å². The molecule has 14 nitrogen and oxygen atoms in total. The molecule has 0 rings (SSSR count). The standard InChI is InChI=1S/C15H25N5O9/c1-5(16)12(25)20-11(6(2)21)14(27)18-7(4-10(23)24)13(26)19-8(15(28)29)3-9(17)22/h5-8,11,21H,3-4,16H2,1-2H3,(H2,17,22)(H,18,27)(H,19,26)(H,20,25)(H,23,24)(H,28,29). The van der Waals surface area contributed by atoms with Crippen molar-refractivity contribution in [2.75, 3.05) is 0 Å². The molecule has 0 aliphatic rings.